The summed E-state index contributed by atoms with van der Waals surface area (Å²) in [5.41, 5.74) is 5.19. The van der Waals surface area contributed by atoms with Crippen LogP contribution >= 0.6 is 0 Å². The Morgan fingerprint density at radius 1 is 1.41 bits per heavy atom. The maximum absolute atomic E-state index is 11.9. The molecule has 0 saturated heterocycles. The summed E-state index contributed by atoms with van der Waals surface area (Å²) >= 11 is 0. The van der Waals surface area contributed by atoms with Gasteiger partial charge in [0.05, 0.1) is 0 Å². The van der Waals surface area contributed by atoms with Crippen molar-refractivity contribution < 1.29 is 4.79 Å². The van der Waals surface area contributed by atoms with Gasteiger partial charge in [0.15, 0.2) is 0 Å². The van der Waals surface area contributed by atoms with Crippen molar-refractivity contribution in [3.63, 3.8) is 0 Å². The molecule has 17 heavy (non-hydrogen) atoms. The van der Waals surface area contributed by atoms with E-state index >= 15 is 0 Å². The zero-order valence-corrected chi connectivity index (χ0v) is 11.2. The molecule has 1 amide bonds. The predicted molar refractivity (Wildman–Crippen MR) is 68.6 cm³/mol. The lowest BCUT2D eigenvalue weighted by atomic mass is 9.90. The molecule has 1 atom stereocenters. The summed E-state index contributed by atoms with van der Waals surface area (Å²) in [6.45, 7) is 4.92. The Hall–Kier alpha value is -0.610. The third-order valence-electron chi connectivity index (χ3n) is 3.93. The summed E-state index contributed by atoms with van der Waals surface area (Å²) in [4.78, 5) is 14.3. The second kappa shape index (κ2) is 4.58. The highest BCUT2D eigenvalue weighted by Gasteiger charge is 2.51. The first-order valence-corrected chi connectivity index (χ1v) is 6.73. The van der Waals surface area contributed by atoms with Gasteiger partial charge in [-0.2, -0.15) is 0 Å². The number of hydrogen-bond acceptors (Lipinski definition) is 3. The Bertz CT molecular complexity index is 297. The molecule has 2 rings (SSSR count). The molecule has 0 aliphatic heterocycles. The van der Waals surface area contributed by atoms with E-state index in [1.165, 1.54) is 12.8 Å². The maximum atomic E-state index is 11.9. The second-order valence-corrected chi connectivity index (χ2v) is 6.06. The normalized spacial score (nSPS) is 24.1. The quantitative estimate of drug-likeness (QED) is 0.688. The van der Waals surface area contributed by atoms with Gasteiger partial charge in [-0.3, -0.25) is 10.1 Å². The van der Waals surface area contributed by atoms with Gasteiger partial charge in [-0.25, -0.2) is 0 Å². The molecular formula is C13H25N3O. The van der Waals surface area contributed by atoms with Crippen LogP contribution in [0.4, 0.5) is 0 Å². The molecule has 2 aliphatic rings. The molecule has 1 unspecified atom stereocenters. The van der Waals surface area contributed by atoms with Crippen LogP contribution in [-0.2, 0) is 4.79 Å². The van der Waals surface area contributed by atoms with Gasteiger partial charge in [-0.15, -0.1) is 0 Å². The van der Waals surface area contributed by atoms with Gasteiger partial charge < -0.3 is 10.6 Å². The van der Waals surface area contributed by atoms with E-state index in [-0.39, 0.29) is 11.9 Å². The summed E-state index contributed by atoms with van der Waals surface area (Å²) in [6, 6.07) is 0.956. The number of nitrogens with two attached hydrogens (primary N) is 1. The van der Waals surface area contributed by atoms with E-state index in [9.17, 15) is 4.79 Å². The monoisotopic (exact) mass is 239 g/mol. The average Bonchev–Trinajstić information content (AvgIpc) is 3.05. The Balaban J connectivity index is 2.10. The molecule has 98 valence electrons. The first-order valence-electron chi connectivity index (χ1n) is 6.73. The van der Waals surface area contributed by atoms with E-state index in [4.69, 9.17) is 5.73 Å². The van der Waals surface area contributed by atoms with Gasteiger partial charge in [-0.05, 0) is 52.5 Å². The molecule has 0 spiro atoms. The highest BCUT2D eigenvalue weighted by atomic mass is 16.1. The maximum Gasteiger partial charge on any atom is 0.239 e. The van der Waals surface area contributed by atoms with Crippen LogP contribution in [0.25, 0.3) is 0 Å². The second-order valence-electron chi connectivity index (χ2n) is 6.06. The van der Waals surface area contributed by atoms with Crippen molar-refractivity contribution in [1.82, 2.24) is 10.2 Å². The van der Waals surface area contributed by atoms with Crippen LogP contribution in [0.1, 0.15) is 39.5 Å². The van der Waals surface area contributed by atoms with Crippen LogP contribution in [0.15, 0.2) is 0 Å². The van der Waals surface area contributed by atoms with Gasteiger partial charge >= 0.3 is 0 Å². The molecule has 0 aromatic rings. The van der Waals surface area contributed by atoms with Crippen LogP contribution in [0.3, 0.4) is 0 Å². The van der Waals surface area contributed by atoms with Crippen molar-refractivity contribution in [2.75, 3.05) is 13.6 Å². The van der Waals surface area contributed by atoms with E-state index in [2.05, 4.69) is 31.1 Å². The van der Waals surface area contributed by atoms with Gasteiger partial charge in [0.25, 0.3) is 0 Å². The minimum Gasteiger partial charge on any atom is -0.368 e. The van der Waals surface area contributed by atoms with E-state index in [1.54, 1.807) is 0 Å². The number of primary amides is 1. The number of rotatable bonds is 7. The topological polar surface area (TPSA) is 58.4 Å². The number of amides is 1. The van der Waals surface area contributed by atoms with E-state index < -0.39 is 5.54 Å². The smallest absolute Gasteiger partial charge is 0.239 e. The molecule has 2 fully saturated rings. The summed E-state index contributed by atoms with van der Waals surface area (Å²) < 4.78 is 0. The highest BCUT2D eigenvalue weighted by Crippen LogP contribution is 2.41. The minimum absolute atomic E-state index is 0.179. The zero-order chi connectivity index (χ0) is 12.6. The van der Waals surface area contributed by atoms with Crippen molar-refractivity contribution in [2.24, 2.45) is 11.7 Å². The molecule has 0 aromatic carbocycles. The van der Waals surface area contributed by atoms with Gasteiger partial charge in [0.2, 0.25) is 5.91 Å². The SMILES string of the molecule is CC(C)NC(CN(C)C1CC1)(C(N)=O)C1CC1. The largest absolute Gasteiger partial charge is 0.368 e. The molecular weight excluding hydrogens is 214 g/mol. The summed E-state index contributed by atoms with van der Waals surface area (Å²) in [7, 11) is 2.11. The molecule has 2 saturated carbocycles. The van der Waals surface area contributed by atoms with Crippen LogP contribution in [0.2, 0.25) is 0 Å². The molecule has 0 bridgehead atoms. The Labute approximate surface area is 104 Å². The average molecular weight is 239 g/mol. The standard InChI is InChI=1S/C13H25N3O/c1-9(2)15-13(12(14)17,10-4-5-10)8-16(3)11-6-7-11/h9-11,15H,4-8H2,1-3H3,(H2,14,17). The zero-order valence-electron chi connectivity index (χ0n) is 11.2. The van der Waals surface area contributed by atoms with E-state index in [0.29, 0.717) is 12.0 Å². The van der Waals surface area contributed by atoms with Crippen LogP contribution in [0, 0.1) is 5.92 Å². The molecule has 0 aromatic heterocycles. The fourth-order valence-corrected chi connectivity index (χ4v) is 2.77. The molecule has 0 heterocycles. The van der Waals surface area contributed by atoms with Gasteiger partial charge in [0, 0.05) is 18.6 Å². The fraction of sp³-hybridized carbons (Fsp3) is 0.923. The van der Waals surface area contributed by atoms with Crippen molar-refractivity contribution in [3.8, 4) is 0 Å². The molecule has 2 aliphatic carbocycles. The van der Waals surface area contributed by atoms with Crippen LogP contribution < -0.4 is 11.1 Å². The number of nitrogens with one attached hydrogen (secondary N) is 1. The van der Waals surface area contributed by atoms with E-state index in [0.717, 1.165) is 19.4 Å². The number of hydrogen-bond donors (Lipinski definition) is 2. The van der Waals surface area contributed by atoms with E-state index in [1.807, 2.05) is 0 Å². The molecule has 0 radical (unpaired) electrons. The molecule has 4 heteroatoms. The minimum atomic E-state index is -0.508. The highest BCUT2D eigenvalue weighted by molar-refractivity contribution is 5.86. The molecule has 4 nitrogen and oxygen atoms in total. The lowest BCUT2D eigenvalue weighted by Crippen LogP contribution is -2.64. The van der Waals surface area contributed by atoms with Gasteiger partial charge in [-0.1, -0.05) is 0 Å². The number of likely N-dealkylation sites (N-methyl/N-ethyl adjacent to an activating group) is 1. The number of nitrogens with zero attached hydrogens (tertiary/aromatic N) is 1. The third-order valence-corrected chi connectivity index (χ3v) is 3.93. The number of carbonyl (C=O) groups is 1. The van der Waals surface area contributed by atoms with Crippen LogP contribution in [-0.4, -0.2) is 42.0 Å². The summed E-state index contributed by atoms with van der Waals surface area (Å²) in [6.07, 6.45) is 4.78. The third kappa shape index (κ3) is 2.80. The lowest BCUT2D eigenvalue weighted by molar-refractivity contribution is -0.126. The molecule has 3 N–H and O–H groups in total. The first kappa shape index (κ1) is 12.8. The Morgan fingerprint density at radius 3 is 2.35 bits per heavy atom. The Kier molecular flexibility index (Phi) is 3.46. The summed E-state index contributed by atoms with van der Waals surface area (Å²) in [5, 5.41) is 3.45. The van der Waals surface area contributed by atoms with Crippen LogP contribution in [0.5, 0.6) is 0 Å². The summed E-state index contributed by atoms with van der Waals surface area (Å²) in [5.74, 6) is 0.254. The first-order chi connectivity index (χ1) is 7.95. The van der Waals surface area contributed by atoms with Crippen molar-refractivity contribution in [3.05, 3.63) is 0 Å². The van der Waals surface area contributed by atoms with Crippen molar-refractivity contribution >= 4 is 5.91 Å². The predicted octanol–water partition coefficient (Wildman–Crippen LogP) is 0.713. The Morgan fingerprint density at radius 2 is 2.00 bits per heavy atom. The number of carbonyl (C=O) groups excluding carboxylic acids is 1. The van der Waals surface area contributed by atoms with Crippen molar-refractivity contribution in [1.29, 1.82) is 0 Å². The van der Waals surface area contributed by atoms with Crippen molar-refractivity contribution in [2.45, 2.75) is 57.2 Å². The lowest BCUT2D eigenvalue weighted by Gasteiger charge is -2.37. The fourth-order valence-electron chi connectivity index (χ4n) is 2.77. The van der Waals surface area contributed by atoms with Gasteiger partial charge in [0.1, 0.15) is 5.54 Å².